The summed E-state index contributed by atoms with van der Waals surface area (Å²) < 4.78 is 38.3. The Kier molecular flexibility index (Phi) is 4.46. The van der Waals surface area contributed by atoms with Gasteiger partial charge in [-0.05, 0) is 46.8 Å². The minimum atomic E-state index is -4.66. The van der Waals surface area contributed by atoms with Crippen LogP contribution in [0, 0.1) is 29.1 Å². The number of Topliss-reactive ketones (excluding diaryl/α,β-unsaturated/α-hetero) is 3. The lowest BCUT2D eigenvalue weighted by atomic mass is 9.57. The molecule has 0 amide bonds. The number of carbonyl (C=O) groups excluding carboxylic acids is 3. The third-order valence-corrected chi connectivity index (χ3v) is 4.88. The van der Waals surface area contributed by atoms with Gasteiger partial charge in [0, 0.05) is 17.0 Å². The average molecular weight is 368 g/mol. The van der Waals surface area contributed by atoms with E-state index in [1.54, 1.807) is 0 Å². The van der Waals surface area contributed by atoms with Gasteiger partial charge >= 0.3 is 6.18 Å². The first-order valence-corrected chi connectivity index (χ1v) is 7.90. The van der Waals surface area contributed by atoms with Crippen molar-refractivity contribution >= 4 is 23.1 Å². The van der Waals surface area contributed by atoms with Crippen LogP contribution in [0.15, 0.2) is 12.1 Å². The minimum absolute atomic E-state index is 0.165. The molecule has 1 aliphatic rings. The van der Waals surface area contributed by atoms with Crippen molar-refractivity contribution in [1.82, 2.24) is 4.98 Å². The Morgan fingerprint density at radius 3 is 2.12 bits per heavy atom. The van der Waals surface area contributed by atoms with Gasteiger partial charge in [0.05, 0.1) is 10.8 Å². The summed E-state index contributed by atoms with van der Waals surface area (Å²) in [6, 6.07) is 1.63. The van der Waals surface area contributed by atoms with Gasteiger partial charge in [0.2, 0.25) is 0 Å². The quantitative estimate of drug-likeness (QED) is 0.640. The highest BCUT2D eigenvalue weighted by Crippen LogP contribution is 2.42. The Bertz CT molecular complexity index is 809. The van der Waals surface area contributed by atoms with Gasteiger partial charge in [0.25, 0.3) is 0 Å². The Labute approximate surface area is 148 Å². The summed E-state index contributed by atoms with van der Waals surface area (Å²) in [4.78, 5) is 41.5. The van der Waals surface area contributed by atoms with Crippen molar-refractivity contribution in [2.24, 2.45) is 16.7 Å². The molecule has 0 aromatic carbocycles. The third kappa shape index (κ3) is 2.87. The number of rotatable bonds is 2. The van der Waals surface area contributed by atoms with Crippen molar-refractivity contribution in [2.45, 2.75) is 40.8 Å². The van der Waals surface area contributed by atoms with Gasteiger partial charge in [-0.2, -0.15) is 13.2 Å². The molecule has 1 saturated carbocycles. The number of halogens is 3. The van der Waals surface area contributed by atoms with Gasteiger partial charge in [0.1, 0.15) is 11.6 Å². The van der Waals surface area contributed by atoms with E-state index in [1.807, 2.05) is 0 Å². The number of pyridine rings is 1. The molecule has 140 valence electrons. The molecule has 0 spiro atoms. The van der Waals surface area contributed by atoms with Crippen LogP contribution in [-0.2, 0) is 15.8 Å². The van der Waals surface area contributed by atoms with Crippen molar-refractivity contribution < 1.29 is 27.6 Å². The molecule has 1 atom stereocenters. The zero-order valence-electron chi connectivity index (χ0n) is 15.0. The summed E-state index contributed by atoms with van der Waals surface area (Å²) >= 11 is 0. The van der Waals surface area contributed by atoms with E-state index in [4.69, 9.17) is 5.41 Å². The Morgan fingerprint density at radius 1 is 1.12 bits per heavy atom. The number of hydrogen-bond acceptors (Lipinski definition) is 5. The highest BCUT2D eigenvalue weighted by molar-refractivity contribution is 6.37. The normalized spacial score (nSPS) is 22.5. The number of nitrogens with one attached hydrogen (secondary N) is 1. The van der Waals surface area contributed by atoms with Crippen molar-refractivity contribution in [1.29, 1.82) is 5.41 Å². The van der Waals surface area contributed by atoms with Crippen LogP contribution >= 0.6 is 0 Å². The smallest absolute Gasteiger partial charge is 0.307 e. The molecule has 1 aromatic rings. The van der Waals surface area contributed by atoms with E-state index in [0.717, 1.165) is 6.07 Å². The molecule has 0 radical (unpaired) electrons. The van der Waals surface area contributed by atoms with Crippen molar-refractivity contribution in [2.75, 3.05) is 0 Å². The fourth-order valence-electron chi connectivity index (χ4n) is 3.25. The van der Waals surface area contributed by atoms with Crippen LogP contribution in [0.1, 0.15) is 49.4 Å². The second-order valence-electron chi connectivity index (χ2n) is 7.48. The highest BCUT2D eigenvalue weighted by atomic mass is 19.4. The molecular weight excluding hydrogens is 349 g/mol. The topological polar surface area (TPSA) is 87.9 Å². The van der Waals surface area contributed by atoms with Crippen LogP contribution in [-0.4, -0.2) is 28.0 Å². The Morgan fingerprint density at radius 2 is 1.65 bits per heavy atom. The summed E-state index contributed by atoms with van der Waals surface area (Å²) in [6.07, 6.45) is -4.66. The number of alkyl halides is 3. The largest absolute Gasteiger partial charge is 0.433 e. The molecule has 1 aromatic heterocycles. The highest BCUT2D eigenvalue weighted by Gasteiger charge is 2.58. The SMILES string of the molecule is Cc1nc(C(F)(F)F)ccc1C(=O)C1C(=N)C(C)(C)C(=O)C(C)(C)C1=O. The van der Waals surface area contributed by atoms with Gasteiger partial charge < -0.3 is 5.41 Å². The molecule has 26 heavy (non-hydrogen) atoms. The number of hydrogen-bond donors (Lipinski definition) is 1. The number of aromatic nitrogens is 1. The predicted molar refractivity (Wildman–Crippen MR) is 87.1 cm³/mol. The minimum Gasteiger partial charge on any atom is -0.307 e. The lowest BCUT2D eigenvalue weighted by Crippen LogP contribution is -2.59. The first-order chi connectivity index (χ1) is 11.6. The van der Waals surface area contributed by atoms with Gasteiger partial charge in [-0.15, -0.1) is 0 Å². The number of nitrogens with zero attached hydrogens (tertiary/aromatic N) is 1. The summed E-state index contributed by atoms with van der Waals surface area (Å²) in [6.45, 7) is 6.95. The van der Waals surface area contributed by atoms with Gasteiger partial charge in [-0.1, -0.05) is 0 Å². The maximum absolute atomic E-state index is 12.9. The fourth-order valence-corrected chi connectivity index (χ4v) is 3.25. The van der Waals surface area contributed by atoms with Crippen LogP contribution in [0.25, 0.3) is 0 Å². The fraction of sp³-hybridized carbons (Fsp3) is 0.500. The molecule has 1 N–H and O–H groups in total. The van der Waals surface area contributed by atoms with Crippen molar-refractivity contribution in [3.63, 3.8) is 0 Å². The van der Waals surface area contributed by atoms with Crippen LogP contribution in [0.2, 0.25) is 0 Å². The molecule has 1 aliphatic carbocycles. The molecular formula is C18H19F3N2O3. The molecule has 0 saturated heterocycles. The van der Waals surface area contributed by atoms with E-state index >= 15 is 0 Å². The molecule has 1 fully saturated rings. The summed E-state index contributed by atoms with van der Waals surface area (Å²) in [7, 11) is 0. The third-order valence-electron chi connectivity index (χ3n) is 4.88. The van der Waals surface area contributed by atoms with Gasteiger partial charge in [-0.25, -0.2) is 4.98 Å². The van der Waals surface area contributed by atoms with E-state index in [2.05, 4.69) is 4.98 Å². The van der Waals surface area contributed by atoms with Crippen LogP contribution < -0.4 is 0 Å². The van der Waals surface area contributed by atoms with Crippen LogP contribution in [0.5, 0.6) is 0 Å². The molecule has 8 heteroatoms. The van der Waals surface area contributed by atoms with Gasteiger partial charge in [-0.3, -0.25) is 14.4 Å². The lowest BCUT2D eigenvalue weighted by molar-refractivity contribution is -0.145. The number of carbonyl (C=O) groups is 3. The molecule has 1 heterocycles. The summed E-state index contributed by atoms with van der Waals surface area (Å²) in [5, 5.41) is 8.21. The summed E-state index contributed by atoms with van der Waals surface area (Å²) in [5.41, 5.74) is -4.64. The lowest BCUT2D eigenvalue weighted by Gasteiger charge is -2.42. The first kappa shape index (κ1) is 19.9. The standard InChI is InChI=1S/C18H19F3N2O3/c1-8-9(6-7-10(23-8)18(19,20)21)12(24)11-13(22)16(2,3)15(26)17(4,5)14(11)25/h6-7,11,22H,1-5H3. The average Bonchev–Trinajstić information content (AvgIpc) is 2.51. The molecule has 2 rings (SSSR count). The first-order valence-electron chi connectivity index (χ1n) is 7.90. The maximum Gasteiger partial charge on any atom is 0.433 e. The van der Waals surface area contributed by atoms with Crippen LogP contribution in [0.4, 0.5) is 13.2 Å². The molecule has 5 nitrogen and oxygen atoms in total. The van der Waals surface area contributed by atoms with Crippen molar-refractivity contribution in [3.8, 4) is 0 Å². The van der Waals surface area contributed by atoms with E-state index in [0.29, 0.717) is 6.07 Å². The van der Waals surface area contributed by atoms with Gasteiger partial charge in [0.15, 0.2) is 17.3 Å². The molecule has 1 unspecified atom stereocenters. The maximum atomic E-state index is 12.9. The molecule has 0 bridgehead atoms. The van der Waals surface area contributed by atoms with Crippen molar-refractivity contribution in [3.05, 3.63) is 29.1 Å². The van der Waals surface area contributed by atoms with Crippen LogP contribution in [0.3, 0.4) is 0 Å². The Hall–Kier alpha value is -2.38. The second-order valence-corrected chi connectivity index (χ2v) is 7.48. The zero-order valence-corrected chi connectivity index (χ0v) is 15.0. The number of ketones is 3. The molecule has 0 aliphatic heterocycles. The summed E-state index contributed by atoms with van der Waals surface area (Å²) in [5.74, 6) is -3.52. The van der Waals surface area contributed by atoms with E-state index < -0.39 is 46.0 Å². The van der Waals surface area contributed by atoms with E-state index in [-0.39, 0.29) is 17.0 Å². The monoisotopic (exact) mass is 368 g/mol. The predicted octanol–water partition coefficient (Wildman–Crippen LogP) is 3.43. The van der Waals surface area contributed by atoms with E-state index in [9.17, 15) is 27.6 Å². The van der Waals surface area contributed by atoms with E-state index in [1.165, 1.54) is 34.6 Å². The second kappa shape index (κ2) is 5.82. The number of aryl methyl sites for hydroxylation is 1. The Balaban J connectivity index is 2.54. The zero-order chi connectivity index (χ0) is 20.2.